The number of amides is 1. The van der Waals surface area contributed by atoms with Gasteiger partial charge in [0.05, 0.1) is 17.3 Å². The molecule has 1 saturated heterocycles. The van der Waals surface area contributed by atoms with Gasteiger partial charge in [0.15, 0.2) is 0 Å². The number of piperidine rings is 1. The Bertz CT molecular complexity index is 884. The van der Waals surface area contributed by atoms with Gasteiger partial charge < -0.3 is 10.2 Å². The van der Waals surface area contributed by atoms with Gasteiger partial charge in [0.2, 0.25) is 0 Å². The van der Waals surface area contributed by atoms with Crippen molar-refractivity contribution in [2.45, 2.75) is 25.7 Å². The number of carbonyl (C=O) groups excluding carboxylic acids is 1. The fraction of sp³-hybridized carbons (Fsp3) is 0.350. The maximum absolute atomic E-state index is 12.8. The highest BCUT2D eigenvalue weighted by atomic mass is 16.2. The van der Waals surface area contributed by atoms with E-state index in [1.54, 1.807) is 6.20 Å². The third-order valence-corrected chi connectivity index (χ3v) is 4.89. The Morgan fingerprint density at radius 2 is 1.88 bits per heavy atom. The molecule has 6 heteroatoms. The van der Waals surface area contributed by atoms with E-state index in [1.165, 1.54) is 12.0 Å². The quantitative estimate of drug-likeness (QED) is 0.769. The summed E-state index contributed by atoms with van der Waals surface area (Å²) in [6.45, 7) is 2.48. The Balaban J connectivity index is 1.50. The molecule has 3 aromatic heterocycles. The van der Waals surface area contributed by atoms with Crippen LogP contribution in [0, 0.1) is 0 Å². The normalized spacial score (nSPS) is 14.5. The van der Waals surface area contributed by atoms with Crippen LogP contribution in [0.3, 0.4) is 0 Å². The smallest absolute Gasteiger partial charge is 0.257 e. The molecule has 0 unspecified atom stereocenters. The molecule has 1 fully saturated rings. The summed E-state index contributed by atoms with van der Waals surface area (Å²) in [7, 11) is 0. The molecule has 1 amide bonds. The molecule has 1 N–H and O–H groups in total. The van der Waals surface area contributed by atoms with Gasteiger partial charge in [0.25, 0.3) is 5.91 Å². The number of rotatable bonds is 5. The van der Waals surface area contributed by atoms with Crippen molar-refractivity contribution in [3.05, 3.63) is 60.0 Å². The van der Waals surface area contributed by atoms with Crippen LogP contribution in [0.4, 0.5) is 5.82 Å². The van der Waals surface area contributed by atoms with Gasteiger partial charge in [-0.25, -0.2) is 4.52 Å². The summed E-state index contributed by atoms with van der Waals surface area (Å²) in [5.74, 6) is 0.989. The highest BCUT2D eigenvalue weighted by molar-refractivity contribution is 6.00. The first-order valence-corrected chi connectivity index (χ1v) is 9.22. The minimum Gasteiger partial charge on any atom is -0.370 e. The molecule has 0 atom stereocenters. The van der Waals surface area contributed by atoms with E-state index in [1.807, 2.05) is 52.1 Å². The van der Waals surface area contributed by atoms with Crippen molar-refractivity contribution < 1.29 is 4.79 Å². The number of anilines is 1. The number of likely N-dealkylation sites (tertiary alicyclic amines) is 1. The van der Waals surface area contributed by atoms with E-state index in [-0.39, 0.29) is 5.91 Å². The third kappa shape index (κ3) is 3.40. The molecule has 6 nitrogen and oxygen atoms in total. The molecule has 3 aromatic rings. The molecule has 0 aliphatic carbocycles. The van der Waals surface area contributed by atoms with Crippen molar-refractivity contribution in [1.29, 1.82) is 0 Å². The SMILES string of the molecule is O=C(c1cnn2c(NCCc3ccncc3)cccc12)N1CCCCC1. The summed E-state index contributed by atoms with van der Waals surface area (Å²) in [5.41, 5.74) is 2.78. The summed E-state index contributed by atoms with van der Waals surface area (Å²) in [6, 6.07) is 9.95. The molecule has 26 heavy (non-hydrogen) atoms. The van der Waals surface area contributed by atoms with E-state index >= 15 is 0 Å². The van der Waals surface area contributed by atoms with Crippen LogP contribution in [-0.2, 0) is 6.42 Å². The number of fused-ring (bicyclic) bond motifs is 1. The van der Waals surface area contributed by atoms with Crippen molar-refractivity contribution in [1.82, 2.24) is 19.5 Å². The molecule has 4 heterocycles. The lowest BCUT2D eigenvalue weighted by molar-refractivity contribution is 0.0726. The van der Waals surface area contributed by atoms with Gasteiger partial charge in [-0.1, -0.05) is 6.07 Å². The molecule has 134 valence electrons. The van der Waals surface area contributed by atoms with E-state index in [0.717, 1.165) is 50.2 Å². The van der Waals surface area contributed by atoms with Crippen LogP contribution in [-0.4, -0.2) is 45.0 Å². The monoisotopic (exact) mass is 349 g/mol. The van der Waals surface area contributed by atoms with Crippen LogP contribution in [0.25, 0.3) is 5.52 Å². The lowest BCUT2D eigenvalue weighted by atomic mass is 10.1. The van der Waals surface area contributed by atoms with Crippen LogP contribution >= 0.6 is 0 Å². The summed E-state index contributed by atoms with van der Waals surface area (Å²) >= 11 is 0. The van der Waals surface area contributed by atoms with E-state index in [4.69, 9.17) is 0 Å². The maximum Gasteiger partial charge on any atom is 0.257 e. The molecule has 4 rings (SSSR count). The highest BCUT2D eigenvalue weighted by Crippen LogP contribution is 2.20. The summed E-state index contributed by atoms with van der Waals surface area (Å²) in [6.07, 6.45) is 9.60. The second kappa shape index (κ2) is 7.56. The average molecular weight is 349 g/mol. The Kier molecular flexibility index (Phi) is 4.82. The lowest BCUT2D eigenvalue weighted by Crippen LogP contribution is -2.35. The number of hydrogen-bond acceptors (Lipinski definition) is 4. The Morgan fingerprint density at radius 1 is 1.08 bits per heavy atom. The molecule has 1 aliphatic rings. The minimum atomic E-state index is 0.0913. The van der Waals surface area contributed by atoms with Crippen LogP contribution in [0.15, 0.2) is 48.9 Å². The summed E-state index contributed by atoms with van der Waals surface area (Å²) < 4.78 is 1.82. The first-order valence-electron chi connectivity index (χ1n) is 9.22. The van der Waals surface area contributed by atoms with Crippen molar-refractivity contribution in [3.8, 4) is 0 Å². The van der Waals surface area contributed by atoms with Gasteiger partial charge in [-0.15, -0.1) is 0 Å². The number of aromatic nitrogens is 3. The van der Waals surface area contributed by atoms with Gasteiger partial charge in [-0.05, 0) is 55.5 Å². The van der Waals surface area contributed by atoms with E-state index in [0.29, 0.717) is 5.56 Å². The predicted molar refractivity (Wildman–Crippen MR) is 101 cm³/mol. The van der Waals surface area contributed by atoms with Crippen LogP contribution in [0.2, 0.25) is 0 Å². The zero-order valence-corrected chi connectivity index (χ0v) is 14.8. The first-order chi connectivity index (χ1) is 12.8. The number of carbonyl (C=O) groups is 1. The highest BCUT2D eigenvalue weighted by Gasteiger charge is 2.21. The van der Waals surface area contributed by atoms with E-state index in [9.17, 15) is 4.79 Å². The van der Waals surface area contributed by atoms with Gasteiger partial charge >= 0.3 is 0 Å². The molecule has 0 aromatic carbocycles. The second-order valence-electron chi connectivity index (χ2n) is 6.65. The van der Waals surface area contributed by atoms with Gasteiger partial charge in [0, 0.05) is 32.0 Å². The zero-order valence-electron chi connectivity index (χ0n) is 14.8. The minimum absolute atomic E-state index is 0.0913. The number of hydrogen-bond donors (Lipinski definition) is 1. The summed E-state index contributed by atoms with van der Waals surface area (Å²) in [4.78, 5) is 18.8. The van der Waals surface area contributed by atoms with Crippen LogP contribution in [0.5, 0.6) is 0 Å². The van der Waals surface area contributed by atoms with Gasteiger partial charge in [0.1, 0.15) is 5.82 Å². The van der Waals surface area contributed by atoms with Gasteiger partial charge in [-0.3, -0.25) is 9.78 Å². The van der Waals surface area contributed by atoms with Crippen molar-refractivity contribution in [2.24, 2.45) is 0 Å². The van der Waals surface area contributed by atoms with Crippen LogP contribution in [0.1, 0.15) is 35.2 Å². The molecule has 0 spiro atoms. The Labute approximate surface area is 152 Å². The maximum atomic E-state index is 12.8. The van der Waals surface area contributed by atoms with E-state index < -0.39 is 0 Å². The topological polar surface area (TPSA) is 62.5 Å². The number of pyridine rings is 2. The van der Waals surface area contributed by atoms with Gasteiger partial charge in [-0.2, -0.15) is 5.10 Å². The molecular weight excluding hydrogens is 326 g/mol. The average Bonchev–Trinajstić information content (AvgIpc) is 3.14. The molecule has 1 aliphatic heterocycles. The largest absolute Gasteiger partial charge is 0.370 e. The standard InChI is InChI=1S/C20H23N5O/c26-20(24-13-2-1-3-14-24)17-15-23-25-18(17)5-4-6-19(25)22-12-9-16-7-10-21-11-8-16/h4-8,10-11,15,22H,1-3,9,12-14H2. The Morgan fingerprint density at radius 3 is 2.69 bits per heavy atom. The molecule has 0 bridgehead atoms. The lowest BCUT2D eigenvalue weighted by Gasteiger charge is -2.26. The van der Waals surface area contributed by atoms with E-state index in [2.05, 4.69) is 15.4 Å². The predicted octanol–water partition coefficient (Wildman–Crippen LogP) is 3.01. The third-order valence-electron chi connectivity index (χ3n) is 4.89. The second-order valence-corrected chi connectivity index (χ2v) is 6.65. The summed E-state index contributed by atoms with van der Waals surface area (Å²) in [5, 5.41) is 7.88. The van der Waals surface area contributed by atoms with Crippen molar-refractivity contribution >= 4 is 17.2 Å². The molecule has 0 radical (unpaired) electrons. The first kappa shape index (κ1) is 16.6. The zero-order chi connectivity index (χ0) is 17.8. The molecular formula is C20H23N5O. The van der Waals surface area contributed by atoms with Crippen molar-refractivity contribution in [2.75, 3.05) is 25.0 Å². The Hall–Kier alpha value is -2.89. The fourth-order valence-electron chi connectivity index (χ4n) is 3.46. The van der Waals surface area contributed by atoms with Crippen LogP contribution < -0.4 is 5.32 Å². The number of nitrogens with zero attached hydrogens (tertiary/aromatic N) is 4. The molecule has 0 saturated carbocycles. The van der Waals surface area contributed by atoms with Crippen molar-refractivity contribution in [3.63, 3.8) is 0 Å². The number of nitrogens with one attached hydrogen (secondary N) is 1. The fourth-order valence-corrected chi connectivity index (χ4v) is 3.46.